The van der Waals surface area contributed by atoms with Crippen molar-refractivity contribution < 1.29 is 19.8 Å². The molecular weight excluding hydrogens is 212 g/mol. The van der Waals surface area contributed by atoms with Crippen LogP contribution in [0.4, 0.5) is 4.79 Å². The maximum Gasteiger partial charge on any atom is 0.328 e. The molecule has 0 radical (unpaired) electrons. The Labute approximate surface area is 94.0 Å². The molecule has 2 atom stereocenters. The average molecular weight is 230 g/mol. The third-order valence-corrected chi connectivity index (χ3v) is 2.74. The molecule has 2 unspecified atom stereocenters. The maximum absolute atomic E-state index is 11.4. The van der Waals surface area contributed by atoms with Gasteiger partial charge in [0.1, 0.15) is 0 Å². The summed E-state index contributed by atoms with van der Waals surface area (Å²) >= 11 is 0. The van der Waals surface area contributed by atoms with Crippen molar-refractivity contribution in [1.82, 2.24) is 10.6 Å². The molecule has 6 nitrogen and oxygen atoms in total. The van der Waals surface area contributed by atoms with Crippen molar-refractivity contribution in [2.24, 2.45) is 5.92 Å². The number of aliphatic carboxylic acids is 1. The Morgan fingerprint density at radius 1 is 1.38 bits per heavy atom. The summed E-state index contributed by atoms with van der Waals surface area (Å²) in [5.74, 6) is -0.635. The standard InChI is InChI=1S/C10H18N2O4/c1-5-3-7(4-5)11-10(16)12-8(6(2)13)9(14)15/h5-8,13H,3-4H2,1-2H3,(H,14,15)(H2,11,12,16). The topological polar surface area (TPSA) is 98.7 Å². The van der Waals surface area contributed by atoms with Crippen molar-refractivity contribution in [2.45, 2.75) is 44.9 Å². The highest BCUT2D eigenvalue weighted by molar-refractivity contribution is 5.83. The predicted molar refractivity (Wildman–Crippen MR) is 57.0 cm³/mol. The van der Waals surface area contributed by atoms with Gasteiger partial charge in [0.05, 0.1) is 6.10 Å². The zero-order valence-electron chi connectivity index (χ0n) is 9.43. The van der Waals surface area contributed by atoms with Gasteiger partial charge in [-0.15, -0.1) is 0 Å². The van der Waals surface area contributed by atoms with Crippen LogP contribution in [-0.2, 0) is 4.79 Å². The molecule has 0 bridgehead atoms. The molecule has 1 fully saturated rings. The molecule has 2 amide bonds. The summed E-state index contributed by atoms with van der Waals surface area (Å²) in [6.45, 7) is 3.41. The fourth-order valence-electron chi connectivity index (χ4n) is 1.78. The molecule has 92 valence electrons. The Morgan fingerprint density at radius 2 is 1.94 bits per heavy atom. The molecule has 1 rings (SSSR count). The van der Waals surface area contributed by atoms with E-state index in [2.05, 4.69) is 17.6 Å². The van der Waals surface area contributed by atoms with Crippen LogP contribution in [0, 0.1) is 5.92 Å². The smallest absolute Gasteiger partial charge is 0.328 e. The molecule has 0 aromatic heterocycles. The summed E-state index contributed by atoms with van der Waals surface area (Å²) in [4.78, 5) is 22.1. The first-order valence-electron chi connectivity index (χ1n) is 5.38. The molecule has 0 aromatic rings. The number of aliphatic hydroxyl groups is 1. The van der Waals surface area contributed by atoms with Crippen molar-refractivity contribution in [3.63, 3.8) is 0 Å². The fraction of sp³-hybridized carbons (Fsp3) is 0.800. The van der Waals surface area contributed by atoms with Crippen LogP contribution in [0.25, 0.3) is 0 Å². The van der Waals surface area contributed by atoms with Crippen molar-refractivity contribution >= 4 is 12.0 Å². The molecule has 0 aromatic carbocycles. The summed E-state index contributed by atoms with van der Waals surface area (Å²) in [6, 6.07) is -1.68. The number of aliphatic hydroxyl groups excluding tert-OH is 1. The second-order valence-corrected chi connectivity index (χ2v) is 4.45. The van der Waals surface area contributed by atoms with Crippen LogP contribution < -0.4 is 10.6 Å². The number of carboxylic acid groups (broad SMARTS) is 1. The molecular formula is C10H18N2O4. The molecule has 1 saturated carbocycles. The highest BCUT2D eigenvalue weighted by atomic mass is 16.4. The van der Waals surface area contributed by atoms with E-state index in [1.165, 1.54) is 6.92 Å². The van der Waals surface area contributed by atoms with Crippen LogP contribution in [0.5, 0.6) is 0 Å². The predicted octanol–water partition coefficient (Wildman–Crippen LogP) is -0.0819. The van der Waals surface area contributed by atoms with Gasteiger partial charge in [0.2, 0.25) is 0 Å². The number of carboxylic acids is 1. The molecule has 0 saturated heterocycles. The van der Waals surface area contributed by atoms with Crippen molar-refractivity contribution in [3.05, 3.63) is 0 Å². The first-order valence-corrected chi connectivity index (χ1v) is 5.38. The monoisotopic (exact) mass is 230 g/mol. The van der Waals surface area contributed by atoms with Gasteiger partial charge in [-0.2, -0.15) is 0 Å². The minimum Gasteiger partial charge on any atom is -0.480 e. The van der Waals surface area contributed by atoms with E-state index in [0.29, 0.717) is 5.92 Å². The van der Waals surface area contributed by atoms with Gasteiger partial charge in [0, 0.05) is 6.04 Å². The van der Waals surface area contributed by atoms with E-state index in [1.807, 2.05) is 0 Å². The van der Waals surface area contributed by atoms with Crippen LogP contribution in [0.3, 0.4) is 0 Å². The summed E-state index contributed by atoms with van der Waals surface area (Å²) in [6.07, 6.45) is 0.711. The van der Waals surface area contributed by atoms with Gasteiger partial charge in [0.15, 0.2) is 6.04 Å². The summed E-state index contributed by atoms with van der Waals surface area (Å²) in [5.41, 5.74) is 0. The lowest BCUT2D eigenvalue weighted by atomic mass is 9.82. The number of nitrogens with one attached hydrogen (secondary N) is 2. The molecule has 1 aliphatic rings. The van der Waals surface area contributed by atoms with E-state index in [0.717, 1.165) is 12.8 Å². The molecule has 0 spiro atoms. The largest absolute Gasteiger partial charge is 0.480 e. The van der Waals surface area contributed by atoms with Gasteiger partial charge in [-0.05, 0) is 25.7 Å². The number of rotatable bonds is 4. The lowest BCUT2D eigenvalue weighted by molar-refractivity contribution is -0.141. The normalized spacial score (nSPS) is 27.4. The van der Waals surface area contributed by atoms with Gasteiger partial charge >= 0.3 is 12.0 Å². The number of carbonyl (C=O) groups excluding carboxylic acids is 1. The Hall–Kier alpha value is -1.30. The van der Waals surface area contributed by atoms with E-state index < -0.39 is 24.1 Å². The first-order chi connectivity index (χ1) is 7.40. The molecule has 0 heterocycles. The third kappa shape index (κ3) is 3.37. The summed E-state index contributed by atoms with van der Waals surface area (Å²) < 4.78 is 0. The average Bonchev–Trinajstić information content (AvgIpc) is 2.10. The molecule has 6 heteroatoms. The van der Waals surface area contributed by atoms with Gasteiger partial charge in [-0.1, -0.05) is 6.92 Å². The number of urea groups is 1. The summed E-state index contributed by atoms with van der Waals surface area (Å²) in [7, 11) is 0. The van der Waals surface area contributed by atoms with E-state index >= 15 is 0 Å². The van der Waals surface area contributed by atoms with Gasteiger partial charge in [-0.3, -0.25) is 0 Å². The van der Waals surface area contributed by atoms with E-state index in [-0.39, 0.29) is 6.04 Å². The highest BCUT2D eigenvalue weighted by Gasteiger charge is 2.29. The van der Waals surface area contributed by atoms with Crippen LogP contribution in [0.2, 0.25) is 0 Å². The first kappa shape index (κ1) is 12.8. The summed E-state index contributed by atoms with van der Waals surface area (Å²) in [5, 5.41) is 22.8. The number of amides is 2. The van der Waals surface area contributed by atoms with Crippen molar-refractivity contribution in [2.75, 3.05) is 0 Å². The van der Waals surface area contributed by atoms with E-state index in [1.54, 1.807) is 0 Å². The number of hydrogen-bond donors (Lipinski definition) is 4. The molecule has 4 N–H and O–H groups in total. The maximum atomic E-state index is 11.4. The number of carbonyl (C=O) groups is 2. The lowest BCUT2D eigenvalue weighted by Crippen LogP contribution is -2.54. The Bertz CT molecular complexity index is 274. The van der Waals surface area contributed by atoms with Crippen LogP contribution in [0.1, 0.15) is 26.7 Å². The van der Waals surface area contributed by atoms with E-state index in [9.17, 15) is 9.59 Å². The van der Waals surface area contributed by atoms with E-state index in [4.69, 9.17) is 10.2 Å². The Morgan fingerprint density at radius 3 is 2.31 bits per heavy atom. The second kappa shape index (κ2) is 5.16. The van der Waals surface area contributed by atoms with Crippen LogP contribution in [0.15, 0.2) is 0 Å². The lowest BCUT2D eigenvalue weighted by Gasteiger charge is -2.33. The van der Waals surface area contributed by atoms with Crippen molar-refractivity contribution in [3.8, 4) is 0 Å². The van der Waals surface area contributed by atoms with Gasteiger partial charge < -0.3 is 20.8 Å². The Balaban J connectivity index is 2.34. The highest BCUT2D eigenvalue weighted by Crippen LogP contribution is 2.25. The molecule has 1 aliphatic carbocycles. The Kier molecular flexibility index (Phi) is 4.12. The minimum atomic E-state index is -1.27. The second-order valence-electron chi connectivity index (χ2n) is 4.45. The van der Waals surface area contributed by atoms with Crippen LogP contribution in [-0.4, -0.2) is 40.4 Å². The molecule has 0 aliphatic heterocycles. The zero-order chi connectivity index (χ0) is 12.3. The van der Waals surface area contributed by atoms with Gasteiger partial charge in [-0.25, -0.2) is 9.59 Å². The zero-order valence-corrected chi connectivity index (χ0v) is 9.43. The molecule has 16 heavy (non-hydrogen) atoms. The van der Waals surface area contributed by atoms with Gasteiger partial charge in [0.25, 0.3) is 0 Å². The van der Waals surface area contributed by atoms with Crippen molar-refractivity contribution in [1.29, 1.82) is 0 Å². The van der Waals surface area contributed by atoms with Crippen LogP contribution >= 0.6 is 0 Å². The third-order valence-electron chi connectivity index (χ3n) is 2.74. The SMILES string of the molecule is CC1CC(NC(=O)NC(C(=O)O)C(C)O)C1. The number of hydrogen-bond acceptors (Lipinski definition) is 3. The minimum absolute atomic E-state index is 0.124. The quantitative estimate of drug-likeness (QED) is 0.542. The fourth-order valence-corrected chi connectivity index (χ4v) is 1.78.